The van der Waals surface area contributed by atoms with E-state index in [4.69, 9.17) is 0 Å². The van der Waals surface area contributed by atoms with Crippen LogP contribution in [0, 0.1) is 0 Å². The zero-order valence-electron chi connectivity index (χ0n) is 38.5. The fraction of sp³-hybridized carbons (Fsp3) is 0. The Bertz CT molecular complexity index is 3350. The smallest absolute Gasteiger partial charge is 0.0704 e. The van der Waals surface area contributed by atoms with Gasteiger partial charge in [-0.1, -0.05) is 200 Å². The monoisotopic (exact) mass is 896 g/mol. The van der Waals surface area contributed by atoms with Gasteiger partial charge < -0.3 is 19.6 Å². The van der Waals surface area contributed by atoms with Gasteiger partial charge in [0.1, 0.15) is 0 Å². The Labute approximate surface area is 409 Å². The minimum Gasteiger partial charge on any atom is -0.308 e. The Balaban J connectivity index is 1.19. The van der Waals surface area contributed by atoms with Crippen LogP contribution in [0.25, 0.3) is 32.3 Å². The summed E-state index contributed by atoms with van der Waals surface area (Å²) in [6.07, 6.45) is 0. The summed E-state index contributed by atoms with van der Waals surface area (Å²) in [5.41, 5.74) is 12.4. The topological polar surface area (TPSA) is 13.0 Å². The van der Waals surface area contributed by atoms with E-state index in [1.54, 1.807) is 0 Å². The van der Waals surface area contributed by atoms with E-state index in [1.807, 2.05) is 0 Å². The maximum absolute atomic E-state index is 2.49. The van der Waals surface area contributed by atoms with Gasteiger partial charge in [-0.3, -0.25) is 0 Å². The Hall–Kier alpha value is -9.38. The van der Waals surface area contributed by atoms with Crippen LogP contribution in [-0.2, 0) is 0 Å². The summed E-state index contributed by atoms with van der Waals surface area (Å²) in [5.74, 6) is 0. The molecule has 0 aliphatic carbocycles. The number of rotatable bonds is 12. The van der Waals surface area contributed by atoms with E-state index in [1.165, 1.54) is 16.2 Å². The van der Waals surface area contributed by atoms with Gasteiger partial charge in [-0.15, -0.1) is 0 Å². The lowest BCUT2D eigenvalue weighted by atomic mass is 10.0. The lowest BCUT2D eigenvalue weighted by Crippen LogP contribution is -2.22. The second kappa shape index (κ2) is 18.7. The highest BCUT2D eigenvalue weighted by atomic mass is 15.3. The van der Waals surface area contributed by atoms with Crippen LogP contribution in [0.4, 0.5) is 68.2 Å². The molecule has 4 heteroatoms. The summed E-state index contributed by atoms with van der Waals surface area (Å²) < 4.78 is 0. The molecule has 0 aliphatic heterocycles. The van der Waals surface area contributed by atoms with Gasteiger partial charge in [0.25, 0.3) is 0 Å². The van der Waals surface area contributed by atoms with E-state index < -0.39 is 0 Å². The summed E-state index contributed by atoms with van der Waals surface area (Å²) in [5, 5.41) is 7.00. The summed E-state index contributed by atoms with van der Waals surface area (Å²) in [6.45, 7) is 0. The van der Waals surface area contributed by atoms with E-state index in [2.05, 4.69) is 311 Å². The van der Waals surface area contributed by atoms with Crippen molar-refractivity contribution >= 4 is 101 Å². The molecule has 0 atom stereocenters. The fourth-order valence-corrected chi connectivity index (χ4v) is 10.1. The first-order valence-corrected chi connectivity index (χ1v) is 23.9. The molecule has 4 nitrogen and oxygen atoms in total. The summed E-state index contributed by atoms with van der Waals surface area (Å²) >= 11 is 0. The van der Waals surface area contributed by atoms with Gasteiger partial charge in [0.15, 0.2) is 0 Å². The molecule has 0 fully saturated rings. The Kier molecular flexibility index (Phi) is 11.2. The maximum Gasteiger partial charge on any atom is 0.0704 e. The first-order chi connectivity index (χ1) is 34.8. The van der Waals surface area contributed by atoms with Gasteiger partial charge in [-0.2, -0.15) is 0 Å². The maximum atomic E-state index is 2.49. The molecule has 0 saturated heterocycles. The standard InChI is InChI=1S/C66H48N4/c1-4-31-52(32-5-1)67(58-46-22-28-49-25-10-13-37-55(49)58)61-40-16-19-43-64(61)70(65-44-20-17-41-62(65)68(53-33-6-2-7-34-53)59-47-23-29-50-26-11-14-38-56(50)59)66-45-21-18-42-63(66)69(54-35-8-3-9-36-54)60-48-24-30-51-27-12-15-39-57(51)60/h1-48H. The molecule has 12 rings (SSSR count). The SMILES string of the molecule is c1ccc(N(c2ccccc2N(c2ccccc2N(c2ccccc2)c2cccc3ccccc23)c2ccccc2N(c2ccccc2)c2cccc3ccccc23)c2cccc3ccccc23)cc1. The van der Waals surface area contributed by atoms with Crippen LogP contribution in [0.2, 0.25) is 0 Å². The number of nitrogens with zero attached hydrogens (tertiary/aromatic N) is 4. The van der Waals surface area contributed by atoms with Crippen LogP contribution in [0.15, 0.2) is 291 Å². The van der Waals surface area contributed by atoms with Crippen molar-refractivity contribution in [1.29, 1.82) is 0 Å². The molecular formula is C66H48N4. The molecule has 0 N–H and O–H groups in total. The van der Waals surface area contributed by atoms with E-state index in [0.29, 0.717) is 0 Å². The predicted molar refractivity (Wildman–Crippen MR) is 298 cm³/mol. The van der Waals surface area contributed by atoms with Gasteiger partial charge in [0, 0.05) is 33.2 Å². The second-order valence-corrected chi connectivity index (χ2v) is 17.3. The molecule has 332 valence electrons. The van der Waals surface area contributed by atoms with Crippen molar-refractivity contribution in [3.63, 3.8) is 0 Å². The first kappa shape index (κ1) is 42.0. The van der Waals surface area contributed by atoms with Crippen LogP contribution < -0.4 is 19.6 Å². The number of para-hydroxylation sites is 9. The van der Waals surface area contributed by atoms with Crippen molar-refractivity contribution in [3.8, 4) is 0 Å². The average molecular weight is 897 g/mol. The average Bonchev–Trinajstić information content (AvgIpc) is 3.43. The van der Waals surface area contributed by atoms with E-state index in [9.17, 15) is 0 Å². The molecule has 0 aliphatic rings. The van der Waals surface area contributed by atoms with Crippen molar-refractivity contribution in [3.05, 3.63) is 291 Å². The largest absolute Gasteiger partial charge is 0.308 e. The van der Waals surface area contributed by atoms with Crippen LogP contribution in [0.3, 0.4) is 0 Å². The molecule has 0 saturated carbocycles. The second-order valence-electron chi connectivity index (χ2n) is 17.3. The summed E-state index contributed by atoms with van der Waals surface area (Å²) in [6, 6.07) is 105. The van der Waals surface area contributed by atoms with Gasteiger partial charge in [-0.25, -0.2) is 0 Å². The molecule has 0 spiro atoms. The number of benzene rings is 12. The molecule has 0 unspecified atom stereocenters. The van der Waals surface area contributed by atoms with Gasteiger partial charge in [-0.05, 0) is 107 Å². The van der Waals surface area contributed by atoms with Crippen LogP contribution in [0.5, 0.6) is 0 Å². The van der Waals surface area contributed by atoms with Gasteiger partial charge >= 0.3 is 0 Å². The van der Waals surface area contributed by atoms with Crippen LogP contribution in [0.1, 0.15) is 0 Å². The summed E-state index contributed by atoms with van der Waals surface area (Å²) in [7, 11) is 0. The van der Waals surface area contributed by atoms with Crippen LogP contribution in [-0.4, -0.2) is 0 Å². The highest BCUT2D eigenvalue weighted by Gasteiger charge is 2.30. The fourth-order valence-electron chi connectivity index (χ4n) is 10.1. The number of hydrogen-bond donors (Lipinski definition) is 0. The molecule has 0 amide bonds. The molecule has 0 aromatic heterocycles. The van der Waals surface area contributed by atoms with Crippen molar-refractivity contribution < 1.29 is 0 Å². The van der Waals surface area contributed by atoms with Crippen molar-refractivity contribution in [1.82, 2.24) is 0 Å². The first-order valence-electron chi connectivity index (χ1n) is 23.9. The molecule has 0 heterocycles. The number of anilines is 12. The van der Waals surface area contributed by atoms with Crippen molar-refractivity contribution in [2.24, 2.45) is 0 Å². The molecule has 0 radical (unpaired) electrons. The van der Waals surface area contributed by atoms with E-state index in [0.717, 1.165) is 84.4 Å². The molecule has 70 heavy (non-hydrogen) atoms. The number of hydrogen-bond acceptors (Lipinski definition) is 4. The predicted octanol–water partition coefficient (Wildman–Crippen LogP) is 19.0. The number of fused-ring (bicyclic) bond motifs is 3. The zero-order chi connectivity index (χ0) is 46.6. The summed E-state index contributed by atoms with van der Waals surface area (Å²) in [4.78, 5) is 9.77. The minimum atomic E-state index is 0.996. The highest BCUT2D eigenvalue weighted by molar-refractivity contribution is 6.07. The van der Waals surface area contributed by atoms with Crippen molar-refractivity contribution in [2.45, 2.75) is 0 Å². The normalized spacial score (nSPS) is 11.1. The van der Waals surface area contributed by atoms with E-state index >= 15 is 0 Å². The molecule has 0 bridgehead atoms. The van der Waals surface area contributed by atoms with E-state index in [-0.39, 0.29) is 0 Å². The van der Waals surface area contributed by atoms with Gasteiger partial charge in [0.2, 0.25) is 0 Å². The Morgan fingerprint density at radius 3 is 0.629 bits per heavy atom. The van der Waals surface area contributed by atoms with Crippen LogP contribution >= 0.6 is 0 Å². The third-order valence-electron chi connectivity index (χ3n) is 13.2. The minimum absolute atomic E-state index is 0.996. The van der Waals surface area contributed by atoms with Crippen molar-refractivity contribution in [2.75, 3.05) is 19.6 Å². The lowest BCUT2D eigenvalue weighted by molar-refractivity contribution is 1.19. The quantitative estimate of drug-likeness (QED) is 0.121. The molecular weight excluding hydrogens is 849 g/mol. The molecule has 12 aromatic carbocycles. The third-order valence-corrected chi connectivity index (χ3v) is 13.2. The zero-order valence-corrected chi connectivity index (χ0v) is 38.5. The van der Waals surface area contributed by atoms with Gasteiger partial charge in [0.05, 0.1) is 51.2 Å². The lowest BCUT2D eigenvalue weighted by Gasteiger charge is -2.38. The Morgan fingerprint density at radius 1 is 0.143 bits per heavy atom. The highest BCUT2D eigenvalue weighted by Crippen LogP contribution is 2.54. The molecule has 12 aromatic rings. The third kappa shape index (κ3) is 7.74. The Morgan fingerprint density at radius 2 is 0.343 bits per heavy atom.